The number of carbonyl (C=O) groups is 4. The second-order valence-corrected chi connectivity index (χ2v) is 15.9. The van der Waals surface area contributed by atoms with Gasteiger partial charge in [-0.3, -0.25) is 29.0 Å². The van der Waals surface area contributed by atoms with Crippen molar-refractivity contribution in [3.8, 4) is 0 Å². The molecule has 4 amide bonds. The lowest BCUT2D eigenvalue weighted by Crippen LogP contribution is -2.45. The Bertz CT molecular complexity index is 1270. The number of benzene rings is 2. The summed E-state index contributed by atoms with van der Waals surface area (Å²) in [5.41, 5.74) is 1.14. The van der Waals surface area contributed by atoms with Gasteiger partial charge in [0.15, 0.2) is 0 Å². The summed E-state index contributed by atoms with van der Waals surface area (Å²) in [7, 11) is 3.50. The molecule has 2 aliphatic rings. The highest BCUT2D eigenvalue weighted by molar-refractivity contribution is 6.60. The number of carbonyl (C=O) groups excluding carboxylic acids is 4. The lowest BCUT2D eigenvalue weighted by Gasteiger charge is -2.32. The maximum absolute atomic E-state index is 13.5. The molecule has 2 aromatic carbocycles. The van der Waals surface area contributed by atoms with Crippen LogP contribution >= 0.6 is 0 Å². The van der Waals surface area contributed by atoms with Gasteiger partial charge in [0.2, 0.25) is 0 Å². The first-order chi connectivity index (χ1) is 19.7. The van der Waals surface area contributed by atoms with Crippen molar-refractivity contribution in [2.45, 2.75) is 31.4 Å². The summed E-state index contributed by atoms with van der Waals surface area (Å²) in [6, 6.07) is 7.21. The van der Waals surface area contributed by atoms with Crippen molar-refractivity contribution in [2.24, 2.45) is 0 Å². The van der Waals surface area contributed by atoms with Crippen LogP contribution in [0.4, 0.5) is 0 Å². The number of unbranched alkanes of at least 4 members (excludes halogenated alkanes) is 1. The number of hydrogen-bond donors (Lipinski definition) is 0. The molecule has 0 radical (unpaired) electrons. The molecular formula is C27H36N2O10Si2. The zero-order chi connectivity index (χ0) is 29.9. The van der Waals surface area contributed by atoms with E-state index in [4.69, 9.17) is 26.6 Å². The Kier molecular flexibility index (Phi) is 9.55. The highest BCUT2D eigenvalue weighted by Gasteiger charge is 2.42. The topological polar surface area (TPSA) is 130 Å². The maximum Gasteiger partial charge on any atom is 0.500 e. The normalized spacial score (nSPS) is 15.5. The van der Waals surface area contributed by atoms with Crippen LogP contribution in [-0.4, -0.2) is 107 Å². The minimum absolute atomic E-state index is 0.137. The number of nitrogens with zero attached hydrogens (tertiary/aromatic N) is 2. The maximum atomic E-state index is 13.5. The van der Waals surface area contributed by atoms with Crippen LogP contribution in [0.15, 0.2) is 24.3 Å². The zero-order valence-corrected chi connectivity index (χ0v) is 26.2. The lowest BCUT2D eigenvalue weighted by molar-refractivity contribution is 0.0585. The molecule has 14 heteroatoms. The highest BCUT2D eigenvalue weighted by atomic mass is 28.4. The van der Waals surface area contributed by atoms with Gasteiger partial charge in [-0.1, -0.05) is 0 Å². The Hall–Kier alpha value is -2.83. The molecule has 0 aliphatic carbocycles. The van der Waals surface area contributed by atoms with Gasteiger partial charge < -0.3 is 26.6 Å². The van der Waals surface area contributed by atoms with Gasteiger partial charge in [-0.2, -0.15) is 0 Å². The summed E-state index contributed by atoms with van der Waals surface area (Å²) in [4.78, 5) is 56.3. The standard InChI is InChI=1S/C27H36N2O10Si2/c1-34-40(35-2,36-3)16-8-7-14-28-24(30)18-10-12-20-23-21(13-11-19(22(18)23)25(28)31)27(33)29(26(20)32)15-9-17-41(37-4,38-5)39-6/h10-13H,7-9,14-17H2,1-6H3. The molecular weight excluding hydrogens is 568 g/mol. The van der Waals surface area contributed by atoms with E-state index < -0.39 is 41.2 Å². The van der Waals surface area contributed by atoms with Crippen LogP contribution in [-0.2, 0) is 26.6 Å². The molecule has 0 saturated carbocycles. The summed E-state index contributed by atoms with van der Waals surface area (Å²) in [6.45, 7) is 0.336. The molecule has 41 heavy (non-hydrogen) atoms. The van der Waals surface area contributed by atoms with Gasteiger partial charge in [0, 0.05) is 101 Å². The molecule has 4 rings (SSSR count). The Morgan fingerprint density at radius 3 is 1.10 bits per heavy atom. The Morgan fingerprint density at radius 2 is 0.780 bits per heavy atom. The van der Waals surface area contributed by atoms with Crippen molar-refractivity contribution < 1.29 is 45.7 Å². The van der Waals surface area contributed by atoms with Crippen LogP contribution in [0.3, 0.4) is 0 Å². The van der Waals surface area contributed by atoms with Gasteiger partial charge >= 0.3 is 17.6 Å². The molecule has 0 unspecified atom stereocenters. The van der Waals surface area contributed by atoms with E-state index in [1.807, 2.05) is 0 Å². The molecule has 222 valence electrons. The monoisotopic (exact) mass is 604 g/mol. The summed E-state index contributed by atoms with van der Waals surface area (Å²) < 4.78 is 32.7. The number of rotatable bonds is 15. The molecule has 0 spiro atoms. The summed E-state index contributed by atoms with van der Waals surface area (Å²) in [5.74, 6) is -1.87. The van der Waals surface area contributed by atoms with Crippen molar-refractivity contribution in [1.82, 2.24) is 9.80 Å². The molecule has 0 saturated heterocycles. The first-order valence-corrected chi connectivity index (χ1v) is 17.2. The third kappa shape index (κ3) is 5.41. The zero-order valence-electron chi connectivity index (χ0n) is 24.2. The highest BCUT2D eigenvalue weighted by Crippen LogP contribution is 2.38. The molecule has 0 aromatic heterocycles. The summed E-state index contributed by atoms with van der Waals surface area (Å²) >= 11 is 0. The van der Waals surface area contributed by atoms with Gasteiger partial charge in [-0.05, 0) is 43.5 Å². The van der Waals surface area contributed by atoms with E-state index in [-0.39, 0.29) is 24.2 Å². The fourth-order valence-electron chi connectivity index (χ4n) is 5.56. The summed E-state index contributed by atoms with van der Waals surface area (Å²) in [5, 5.41) is 0.694. The number of amides is 4. The third-order valence-electron chi connectivity index (χ3n) is 7.91. The van der Waals surface area contributed by atoms with Gasteiger partial charge in [0.25, 0.3) is 23.6 Å². The van der Waals surface area contributed by atoms with Crippen molar-refractivity contribution >= 4 is 52.0 Å². The van der Waals surface area contributed by atoms with Crippen LogP contribution in [0.5, 0.6) is 0 Å². The average Bonchev–Trinajstić information content (AvgIpc) is 3.00. The largest absolute Gasteiger partial charge is 0.500 e. The van der Waals surface area contributed by atoms with Crippen molar-refractivity contribution in [2.75, 3.05) is 55.7 Å². The molecule has 12 nitrogen and oxygen atoms in total. The fourth-order valence-corrected chi connectivity index (χ4v) is 9.06. The molecule has 0 N–H and O–H groups in total. The van der Waals surface area contributed by atoms with Crippen LogP contribution < -0.4 is 0 Å². The molecule has 0 bridgehead atoms. The quantitative estimate of drug-likeness (QED) is 0.170. The smallest absolute Gasteiger partial charge is 0.377 e. The van der Waals surface area contributed by atoms with Crippen molar-refractivity contribution in [3.63, 3.8) is 0 Å². The summed E-state index contributed by atoms with van der Waals surface area (Å²) in [6.07, 6.45) is 1.57. The fraction of sp³-hybridized carbons (Fsp3) is 0.481. The third-order valence-corrected chi connectivity index (χ3v) is 13.6. The van der Waals surface area contributed by atoms with Crippen molar-refractivity contribution in [1.29, 1.82) is 0 Å². The number of hydrogen-bond acceptors (Lipinski definition) is 10. The second kappa shape index (κ2) is 12.6. The van der Waals surface area contributed by atoms with E-state index in [0.29, 0.717) is 53.3 Å². The van der Waals surface area contributed by atoms with E-state index in [2.05, 4.69) is 0 Å². The second-order valence-electron chi connectivity index (χ2n) is 9.75. The van der Waals surface area contributed by atoms with E-state index in [9.17, 15) is 19.2 Å². The minimum atomic E-state index is -2.87. The molecule has 2 heterocycles. The van der Waals surface area contributed by atoms with Gasteiger partial charge in [0.1, 0.15) is 0 Å². The first kappa shape index (κ1) is 31.1. The Labute approximate surface area is 241 Å². The predicted molar refractivity (Wildman–Crippen MR) is 152 cm³/mol. The molecule has 0 atom stereocenters. The van der Waals surface area contributed by atoms with Crippen LogP contribution in [0.25, 0.3) is 10.8 Å². The van der Waals surface area contributed by atoms with E-state index in [1.165, 1.54) is 52.5 Å². The Morgan fingerprint density at radius 1 is 0.488 bits per heavy atom. The first-order valence-electron chi connectivity index (χ1n) is 13.3. The molecule has 0 fully saturated rings. The lowest BCUT2D eigenvalue weighted by atomic mass is 9.86. The molecule has 2 aromatic rings. The van der Waals surface area contributed by atoms with Gasteiger partial charge in [0.05, 0.1) is 0 Å². The minimum Gasteiger partial charge on any atom is -0.377 e. The average molecular weight is 605 g/mol. The van der Waals surface area contributed by atoms with E-state index in [0.717, 1.165) is 0 Å². The van der Waals surface area contributed by atoms with Crippen LogP contribution in [0, 0.1) is 0 Å². The predicted octanol–water partition coefficient (Wildman–Crippen LogP) is 2.96. The Balaban J connectivity index is 1.56. The molecule has 2 aliphatic heterocycles. The van der Waals surface area contributed by atoms with Crippen LogP contribution in [0.1, 0.15) is 60.7 Å². The van der Waals surface area contributed by atoms with E-state index in [1.54, 1.807) is 24.3 Å². The van der Waals surface area contributed by atoms with Gasteiger partial charge in [-0.15, -0.1) is 0 Å². The van der Waals surface area contributed by atoms with E-state index >= 15 is 0 Å². The van der Waals surface area contributed by atoms with Crippen LogP contribution in [0.2, 0.25) is 12.1 Å². The SMILES string of the molecule is CO[Si](CCCCN1C(=O)c2ccc3c4c(ccc(c24)C1=O)C(=O)N(CCC[Si](OC)(OC)OC)C3=O)(OC)OC. The van der Waals surface area contributed by atoms with Gasteiger partial charge in [-0.25, -0.2) is 0 Å². The van der Waals surface area contributed by atoms with Crippen molar-refractivity contribution in [3.05, 3.63) is 46.5 Å². The number of imide groups is 2.